The lowest BCUT2D eigenvalue weighted by Crippen LogP contribution is -2.47. The summed E-state index contributed by atoms with van der Waals surface area (Å²) >= 11 is 0. The Morgan fingerprint density at radius 3 is 1.21 bits per heavy atom. The summed E-state index contributed by atoms with van der Waals surface area (Å²) in [5.41, 5.74) is 0. The number of likely N-dealkylation sites (N-methyl/N-ethyl adjacent to an activating group) is 1. The number of rotatable bonds is 59. The van der Waals surface area contributed by atoms with Gasteiger partial charge < -0.3 is 19.4 Å². The Morgan fingerprint density at radius 1 is 0.444 bits per heavy atom. The number of phosphoric acid groups is 1. The predicted molar refractivity (Wildman–Crippen MR) is 350 cm³/mol. The lowest BCUT2D eigenvalue weighted by molar-refractivity contribution is -0.870. The van der Waals surface area contributed by atoms with Gasteiger partial charge in [-0.2, -0.15) is 0 Å². The SMILES string of the molecule is CC/C=C\C/C=C\C/C=C\C/C=C\C/C=C\CCCCCCCCCCCC(=O)NC(COP(=O)(O)OCC[N+](C)(C)C)C(/C=C\CCCCCCCCCCCCC)OC(=O)CCCCCC/C=C\C/C=C\C/C=C\CCCCC. The van der Waals surface area contributed by atoms with E-state index in [2.05, 4.69) is 123 Å². The largest absolute Gasteiger partial charge is 0.472 e. The number of esters is 1. The van der Waals surface area contributed by atoms with Crippen LogP contribution in [0.15, 0.2) is 109 Å². The Kier molecular flexibility index (Phi) is 57.4. The maximum absolute atomic E-state index is 13.6. The molecular weight excluding hydrogens is 1020 g/mol. The van der Waals surface area contributed by atoms with E-state index in [-0.39, 0.29) is 31.5 Å². The van der Waals surface area contributed by atoms with E-state index < -0.39 is 20.0 Å². The second kappa shape index (κ2) is 59.8. The van der Waals surface area contributed by atoms with E-state index in [0.717, 1.165) is 122 Å². The van der Waals surface area contributed by atoms with Gasteiger partial charge in [-0.05, 0) is 115 Å². The molecule has 0 radical (unpaired) electrons. The van der Waals surface area contributed by atoms with Gasteiger partial charge in [0.15, 0.2) is 0 Å². The maximum Gasteiger partial charge on any atom is 0.472 e. The number of hydrogen-bond acceptors (Lipinski definition) is 6. The van der Waals surface area contributed by atoms with Gasteiger partial charge in [-0.15, -0.1) is 0 Å². The minimum Gasteiger partial charge on any atom is -0.456 e. The standard InChI is InChI=1S/C71H125N2O7P/c1-7-10-13-16-19-22-25-28-30-32-33-34-35-36-37-38-39-41-42-45-48-51-54-57-60-63-70(74)72-68(67-79-81(76,77)78-66-65-73(4,5)6)69(62-59-56-53-50-47-44-27-24-21-18-15-12-9-3)80-71(75)64-61-58-55-52-49-46-43-40-31-29-26-23-20-17-14-11-8-2/h10,13,19-20,22-23,28-31,33-34,36-37,43,46,59,62,68-69H,7-9,11-12,14-18,21,24-27,32,35,38-42,44-45,47-58,60-61,63-67H2,1-6H3,(H-,72,74,76,77)/p+1/b13-10-,22-19-,23-20-,30-28-,31-29-,34-33-,37-36-,46-43-,62-59-. The second-order valence-corrected chi connectivity index (χ2v) is 24.7. The first-order chi connectivity index (χ1) is 39.4. The van der Waals surface area contributed by atoms with Crippen molar-refractivity contribution in [2.45, 2.75) is 290 Å². The number of carbonyl (C=O) groups is 2. The van der Waals surface area contributed by atoms with Crippen LogP contribution >= 0.6 is 7.82 Å². The van der Waals surface area contributed by atoms with Crippen molar-refractivity contribution in [1.29, 1.82) is 0 Å². The van der Waals surface area contributed by atoms with E-state index in [9.17, 15) is 19.0 Å². The molecular formula is C71H126N2O7P+. The van der Waals surface area contributed by atoms with Gasteiger partial charge in [-0.3, -0.25) is 18.6 Å². The van der Waals surface area contributed by atoms with Crippen LogP contribution in [0.4, 0.5) is 0 Å². The molecule has 3 atom stereocenters. The average Bonchev–Trinajstić information content (AvgIpc) is 3.44. The molecule has 0 rings (SSSR count). The summed E-state index contributed by atoms with van der Waals surface area (Å²) in [4.78, 5) is 37.8. The van der Waals surface area contributed by atoms with E-state index in [0.29, 0.717) is 23.9 Å². The fourth-order valence-corrected chi connectivity index (χ4v) is 9.83. The average molecular weight is 1150 g/mol. The molecule has 466 valence electrons. The van der Waals surface area contributed by atoms with Gasteiger partial charge in [0.25, 0.3) is 0 Å². The lowest BCUT2D eigenvalue weighted by Gasteiger charge is -2.27. The molecule has 81 heavy (non-hydrogen) atoms. The minimum atomic E-state index is -4.47. The molecule has 0 aromatic rings. The summed E-state index contributed by atoms with van der Waals surface area (Å²) in [6.07, 6.45) is 82.3. The van der Waals surface area contributed by atoms with Gasteiger partial charge in [0.05, 0.1) is 33.8 Å². The molecule has 0 saturated heterocycles. The Labute approximate surface area is 500 Å². The summed E-state index contributed by atoms with van der Waals surface area (Å²) < 4.78 is 30.7. The van der Waals surface area contributed by atoms with Crippen LogP contribution < -0.4 is 5.32 Å². The number of amides is 1. The molecule has 0 bridgehead atoms. The smallest absolute Gasteiger partial charge is 0.456 e. The minimum absolute atomic E-state index is 0.0301. The van der Waals surface area contributed by atoms with E-state index in [1.54, 1.807) is 0 Å². The molecule has 0 aliphatic heterocycles. The second-order valence-electron chi connectivity index (χ2n) is 23.3. The molecule has 0 heterocycles. The Hall–Kier alpha value is -3.33. The molecule has 0 saturated carbocycles. The zero-order chi connectivity index (χ0) is 59.3. The molecule has 0 aromatic carbocycles. The van der Waals surface area contributed by atoms with Crippen LogP contribution in [-0.4, -0.2) is 74.3 Å². The number of carbonyl (C=O) groups excluding carboxylic acids is 2. The van der Waals surface area contributed by atoms with Crippen molar-refractivity contribution in [3.8, 4) is 0 Å². The van der Waals surface area contributed by atoms with Gasteiger partial charge in [0, 0.05) is 12.8 Å². The molecule has 10 heteroatoms. The molecule has 0 aromatic heterocycles. The Balaban J connectivity index is 5.22. The first kappa shape index (κ1) is 77.7. The number of ether oxygens (including phenoxy) is 1. The summed E-state index contributed by atoms with van der Waals surface area (Å²) in [5, 5.41) is 3.06. The van der Waals surface area contributed by atoms with Crippen LogP contribution in [0.3, 0.4) is 0 Å². The van der Waals surface area contributed by atoms with Crippen molar-refractivity contribution < 1.29 is 37.3 Å². The van der Waals surface area contributed by atoms with Gasteiger partial charge in [0.2, 0.25) is 5.91 Å². The molecule has 3 unspecified atom stereocenters. The summed E-state index contributed by atoms with van der Waals surface area (Å²) in [6, 6.07) is -0.868. The zero-order valence-electron chi connectivity index (χ0n) is 53.2. The molecule has 0 aliphatic rings. The summed E-state index contributed by atoms with van der Waals surface area (Å²) in [7, 11) is 1.47. The topological polar surface area (TPSA) is 111 Å². The summed E-state index contributed by atoms with van der Waals surface area (Å²) in [5.74, 6) is -0.539. The van der Waals surface area contributed by atoms with Crippen molar-refractivity contribution in [2.24, 2.45) is 0 Å². The number of nitrogens with one attached hydrogen (secondary N) is 1. The van der Waals surface area contributed by atoms with Crippen LogP contribution in [0, 0.1) is 0 Å². The third-order valence-electron chi connectivity index (χ3n) is 14.2. The lowest BCUT2D eigenvalue weighted by atomic mass is 10.0. The number of allylic oxidation sites excluding steroid dienone is 17. The van der Waals surface area contributed by atoms with Crippen molar-refractivity contribution in [3.63, 3.8) is 0 Å². The third kappa shape index (κ3) is 61.1. The van der Waals surface area contributed by atoms with E-state index in [1.807, 2.05) is 33.3 Å². The van der Waals surface area contributed by atoms with Crippen molar-refractivity contribution in [3.05, 3.63) is 109 Å². The Morgan fingerprint density at radius 2 is 0.790 bits per heavy atom. The fourth-order valence-electron chi connectivity index (χ4n) is 9.09. The van der Waals surface area contributed by atoms with Gasteiger partial charge in [0.1, 0.15) is 19.3 Å². The monoisotopic (exact) mass is 1150 g/mol. The van der Waals surface area contributed by atoms with Gasteiger partial charge in [-0.25, -0.2) is 4.57 Å². The first-order valence-corrected chi connectivity index (χ1v) is 34.7. The number of quaternary nitrogens is 1. The molecule has 1 amide bonds. The van der Waals surface area contributed by atoms with Crippen LogP contribution in [0.1, 0.15) is 278 Å². The normalized spacial score (nSPS) is 14.3. The molecule has 2 N–H and O–H groups in total. The highest BCUT2D eigenvalue weighted by Crippen LogP contribution is 2.43. The highest BCUT2D eigenvalue weighted by atomic mass is 31.2. The van der Waals surface area contributed by atoms with Crippen molar-refractivity contribution in [2.75, 3.05) is 40.9 Å². The highest BCUT2D eigenvalue weighted by Gasteiger charge is 2.30. The number of hydrogen-bond donors (Lipinski definition) is 2. The molecule has 0 aliphatic carbocycles. The van der Waals surface area contributed by atoms with Crippen molar-refractivity contribution in [1.82, 2.24) is 5.32 Å². The van der Waals surface area contributed by atoms with Crippen LogP contribution in [0.5, 0.6) is 0 Å². The fraction of sp³-hybridized carbons (Fsp3) is 0.718. The van der Waals surface area contributed by atoms with Crippen LogP contribution in [0.2, 0.25) is 0 Å². The summed E-state index contributed by atoms with van der Waals surface area (Å²) in [6.45, 7) is 6.86. The van der Waals surface area contributed by atoms with Crippen LogP contribution in [-0.2, 0) is 27.9 Å². The zero-order valence-corrected chi connectivity index (χ0v) is 54.1. The highest BCUT2D eigenvalue weighted by molar-refractivity contribution is 7.47. The van der Waals surface area contributed by atoms with Gasteiger partial charge in [-0.1, -0.05) is 259 Å². The number of nitrogens with zero attached hydrogens (tertiary/aromatic N) is 1. The molecule has 0 fully saturated rings. The Bertz CT molecular complexity index is 1750. The number of unbranched alkanes of at least 4 members (excludes halogenated alkanes) is 27. The maximum atomic E-state index is 13.6. The van der Waals surface area contributed by atoms with Crippen LogP contribution in [0.25, 0.3) is 0 Å². The van der Waals surface area contributed by atoms with Crippen molar-refractivity contribution >= 4 is 19.7 Å². The molecule has 0 spiro atoms. The predicted octanol–water partition coefficient (Wildman–Crippen LogP) is 20.9. The quantitative estimate of drug-likeness (QED) is 0.0205. The first-order valence-electron chi connectivity index (χ1n) is 33.2. The van der Waals surface area contributed by atoms with E-state index in [1.165, 1.54) is 116 Å². The number of phosphoric ester groups is 1. The van der Waals surface area contributed by atoms with E-state index in [4.69, 9.17) is 13.8 Å². The van der Waals surface area contributed by atoms with Gasteiger partial charge >= 0.3 is 13.8 Å². The third-order valence-corrected chi connectivity index (χ3v) is 15.2. The van der Waals surface area contributed by atoms with E-state index >= 15 is 0 Å². The molecule has 9 nitrogen and oxygen atoms in total.